The smallest absolute Gasteiger partial charge is 0.261 e. The Morgan fingerprint density at radius 3 is 2.58 bits per heavy atom. The molecular formula is C19H18ClFN2O3. The molecule has 2 aromatic carbocycles. The van der Waals surface area contributed by atoms with Crippen molar-refractivity contribution < 1.29 is 18.7 Å². The summed E-state index contributed by atoms with van der Waals surface area (Å²) >= 11 is 5.89. The van der Waals surface area contributed by atoms with Crippen LogP contribution in [0, 0.1) is 5.82 Å². The van der Waals surface area contributed by atoms with Gasteiger partial charge in [-0.15, -0.1) is 0 Å². The summed E-state index contributed by atoms with van der Waals surface area (Å²) in [6.07, 6.45) is 0. The van der Waals surface area contributed by atoms with Gasteiger partial charge in [0.25, 0.3) is 5.91 Å². The zero-order chi connectivity index (χ0) is 18.8. The molecule has 1 atom stereocenters. The zero-order valence-electron chi connectivity index (χ0n) is 14.4. The molecule has 3 rings (SSSR count). The van der Waals surface area contributed by atoms with Crippen LogP contribution in [0.15, 0.2) is 42.5 Å². The molecule has 0 spiro atoms. The highest BCUT2D eigenvalue weighted by atomic mass is 35.5. The SMILES string of the molecule is COc1cccc(F)c1C(=O)N1CC(=O)N(c2ccc(Cl)cc2)C[C@H]1C. The molecule has 2 aromatic rings. The predicted molar refractivity (Wildman–Crippen MR) is 97.3 cm³/mol. The lowest BCUT2D eigenvalue weighted by molar-refractivity contribution is -0.121. The molecule has 0 unspecified atom stereocenters. The number of carbonyl (C=O) groups is 2. The first-order valence-electron chi connectivity index (χ1n) is 8.11. The minimum absolute atomic E-state index is 0.139. The number of amides is 2. The van der Waals surface area contributed by atoms with Gasteiger partial charge in [-0.3, -0.25) is 9.59 Å². The number of hydrogen-bond acceptors (Lipinski definition) is 3. The van der Waals surface area contributed by atoms with E-state index in [4.69, 9.17) is 16.3 Å². The van der Waals surface area contributed by atoms with E-state index >= 15 is 0 Å². The fourth-order valence-corrected chi connectivity index (χ4v) is 3.15. The first-order chi connectivity index (χ1) is 12.4. The van der Waals surface area contributed by atoms with Crippen molar-refractivity contribution in [1.29, 1.82) is 0 Å². The third-order valence-corrected chi connectivity index (χ3v) is 4.65. The van der Waals surface area contributed by atoms with Gasteiger partial charge in [-0.1, -0.05) is 17.7 Å². The van der Waals surface area contributed by atoms with E-state index in [0.717, 1.165) is 0 Å². The van der Waals surface area contributed by atoms with Gasteiger partial charge in [0.15, 0.2) is 0 Å². The van der Waals surface area contributed by atoms with Crippen LogP contribution in [0.4, 0.5) is 10.1 Å². The van der Waals surface area contributed by atoms with Crippen LogP contribution in [0.25, 0.3) is 0 Å². The molecule has 5 nitrogen and oxygen atoms in total. The van der Waals surface area contributed by atoms with Crippen LogP contribution < -0.4 is 9.64 Å². The van der Waals surface area contributed by atoms with E-state index in [1.165, 1.54) is 30.2 Å². The second kappa shape index (κ2) is 7.33. The molecule has 0 bridgehead atoms. The van der Waals surface area contributed by atoms with Gasteiger partial charge in [-0.25, -0.2) is 4.39 Å². The van der Waals surface area contributed by atoms with Gasteiger partial charge in [0.05, 0.1) is 7.11 Å². The summed E-state index contributed by atoms with van der Waals surface area (Å²) in [6.45, 7) is 1.99. The van der Waals surface area contributed by atoms with Crippen LogP contribution in [0.3, 0.4) is 0 Å². The molecule has 1 fully saturated rings. The van der Waals surface area contributed by atoms with Crippen molar-refractivity contribution in [3.63, 3.8) is 0 Å². The van der Waals surface area contributed by atoms with Gasteiger partial charge in [0.2, 0.25) is 5.91 Å². The van der Waals surface area contributed by atoms with E-state index in [2.05, 4.69) is 0 Å². The average molecular weight is 377 g/mol. The summed E-state index contributed by atoms with van der Waals surface area (Å²) in [6, 6.07) is 10.8. The Hall–Kier alpha value is -2.60. The Labute approximate surface area is 155 Å². The average Bonchev–Trinajstić information content (AvgIpc) is 2.63. The quantitative estimate of drug-likeness (QED) is 0.825. The van der Waals surface area contributed by atoms with E-state index in [1.807, 2.05) is 6.92 Å². The number of rotatable bonds is 3. The Morgan fingerprint density at radius 1 is 1.23 bits per heavy atom. The van der Waals surface area contributed by atoms with E-state index in [1.54, 1.807) is 29.2 Å². The van der Waals surface area contributed by atoms with Gasteiger partial charge in [0.1, 0.15) is 23.7 Å². The van der Waals surface area contributed by atoms with Gasteiger partial charge in [-0.05, 0) is 43.3 Å². The van der Waals surface area contributed by atoms with Crippen LogP contribution in [-0.2, 0) is 4.79 Å². The molecule has 1 saturated heterocycles. The molecule has 136 valence electrons. The minimum atomic E-state index is -0.672. The number of methoxy groups -OCH3 is 1. The molecule has 2 amide bonds. The van der Waals surface area contributed by atoms with Crippen LogP contribution in [0.1, 0.15) is 17.3 Å². The molecule has 1 heterocycles. The normalized spacial score (nSPS) is 17.4. The van der Waals surface area contributed by atoms with Gasteiger partial charge >= 0.3 is 0 Å². The summed E-state index contributed by atoms with van der Waals surface area (Å²) in [5, 5.41) is 0.578. The summed E-state index contributed by atoms with van der Waals surface area (Å²) in [7, 11) is 1.37. The predicted octanol–water partition coefficient (Wildman–Crippen LogP) is 3.37. The lowest BCUT2D eigenvalue weighted by Crippen LogP contribution is -2.57. The van der Waals surface area contributed by atoms with E-state index in [-0.39, 0.29) is 29.8 Å². The van der Waals surface area contributed by atoms with Crippen LogP contribution in [-0.4, -0.2) is 43.0 Å². The first-order valence-corrected chi connectivity index (χ1v) is 8.49. The third kappa shape index (κ3) is 3.37. The molecule has 7 heteroatoms. The largest absolute Gasteiger partial charge is 0.496 e. The first kappa shape index (κ1) is 18.2. The standard InChI is InChI=1S/C19H18ClFN2O3/c1-12-10-23(14-8-6-13(20)7-9-14)17(24)11-22(12)19(25)18-15(21)4-3-5-16(18)26-2/h3-9,12H,10-11H2,1-2H3/t12-/m1/s1. The number of ether oxygens (including phenoxy) is 1. The molecule has 1 aliphatic rings. The van der Waals surface area contributed by atoms with E-state index < -0.39 is 11.7 Å². The zero-order valence-corrected chi connectivity index (χ0v) is 15.2. The molecule has 26 heavy (non-hydrogen) atoms. The number of carbonyl (C=O) groups excluding carboxylic acids is 2. The summed E-state index contributed by atoms with van der Waals surface area (Å²) in [5.41, 5.74) is 0.552. The molecule has 0 radical (unpaired) electrons. The lowest BCUT2D eigenvalue weighted by Gasteiger charge is -2.39. The highest BCUT2D eigenvalue weighted by Crippen LogP contribution is 2.27. The maximum Gasteiger partial charge on any atom is 0.261 e. The van der Waals surface area contributed by atoms with Crippen molar-refractivity contribution in [1.82, 2.24) is 4.90 Å². The number of anilines is 1. The maximum atomic E-state index is 14.2. The highest BCUT2D eigenvalue weighted by Gasteiger charge is 2.35. The van der Waals surface area contributed by atoms with Crippen molar-refractivity contribution in [3.8, 4) is 5.75 Å². The molecule has 1 aliphatic heterocycles. The van der Waals surface area contributed by atoms with Crippen LogP contribution in [0.5, 0.6) is 5.75 Å². The fraction of sp³-hybridized carbons (Fsp3) is 0.263. The topological polar surface area (TPSA) is 49.9 Å². The highest BCUT2D eigenvalue weighted by molar-refractivity contribution is 6.30. The Kier molecular flexibility index (Phi) is 5.13. The molecular weight excluding hydrogens is 359 g/mol. The number of halogens is 2. The Balaban J connectivity index is 1.85. The van der Waals surface area contributed by atoms with Crippen molar-refractivity contribution in [2.75, 3.05) is 25.1 Å². The summed E-state index contributed by atoms with van der Waals surface area (Å²) < 4.78 is 19.3. The monoisotopic (exact) mass is 376 g/mol. The Bertz CT molecular complexity index is 841. The molecule has 0 saturated carbocycles. The van der Waals surface area contributed by atoms with Crippen molar-refractivity contribution in [2.24, 2.45) is 0 Å². The van der Waals surface area contributed by atoms with Crippen molar-refractivity contribution in [3.05, 3.63) is 58.9 Å². The number of piperazine rings is 1. The van der Waals surface area contributed by atoms with Gasteiger partial charge in [-0.2, -0.15) is 0 Å². The molecule has 0 N–H and O–H groups in total. The van der Waals surface area contributed by atoms with Gasteiger partial charge in [0, 0.05) is 23.3 Å². The van der Waals surface area contributed by atoms with E-state index in [0.29, 0.717) is 17.3 Å². The lowest BCUT2D eigenvalue weighted by atomic mass is 10.1. The van der Waals surface area contributed by atoms with Crippen molar-refractivity contribution >= 4 is 29.1 Å². The third-order valence-electron chi connectivity index (χ3n) is 4.39. The van der Waals surface area contributed by atoms with Crippen LogP contribution >= 0.6 is 11.6 Å². The molecule has 0 aromatic heterocycles. The van der Waals surface area contributed by atoms with Gasteiger partial charge < -0.3 is 14.5 Å². The van der Waals surface area contributed by atoms with Crippen LogP contribution in [0.2, 0.25) is 5.02 Å². The number of benzene rings is 2. The maximum absolute atomic E-state index is 14.2. The minimum Gasteiger partial charge on any atom is -0.496 e. The second-order valence-electron chi connectivity index (χ2n) is 6.08. The van der Waals surface area contributed by atoms with E-state index in [9.17, 15) is 14.0 Å². The van der Waals surface area contributed by atoms with Crippen molar-refractivity contribution in [2.45, 2.75) is 13.0 Å². The molecule has 0 aliphatic carbocycles. The summed E-state index contributed by atoms with van der Waals surface area (Å²) in [5.74, 6) is -1.32. The second-order valence-corrected chi connectivity index (χ2v) is 6.52. The summed E-state index contributed by atoms with van der Waals surface area (Å²) in [4.78, 5) is 28.4. The Morgan fingerprint density at radius 2 is 1.92 bits per heavy atom. The fourth-order valence-electron chi connectivity index (χ4n) is 3.02. The number of nitrogens with zero attached hydrogens (tertiary/aromatic N) is 2. The number of hydrogen-bond donors (Lipinski definition) is 0.